The Morgan fingerprint density at radius 1 is 1.28 bits per heavy atom. The lowest BCUT2D eigenvalue weighted by Gasteiger charge is -2.20. The first kappa shape index (κ1) is 16.4. The molecular formula is C12H21N3O3. The highest BCUT2D eigenvalue weighted by atomic mass is 16.5. The Kier molecular flexibility index (Phi) is 8.58. The number of likely N-dealkylation sites (N-methyl/N-ethyl adjacent to an activating group) is 2. The lowest BCUT2D eigenvalue weighted by molar-refractivity contribution is -0.143. The maximum Gasteiger partial charge on any atom is 0.307 e. The van der Waals surface area contributed by atoms with Crippen LogP contribution in [0.1, 0.15) is 19.8 Å². The summed E-state index contributed by atoms with van der Waals surface area (Å²) in [6, 6.07) is 1.99. The number of carbonyl (C=O) groups is 2. The number of hydrogen-bond acceptors (Lipinski definition) is 5. The topological polar surface area (TPSA) is 73.6 Å². The van der Waals surface area contributed by atoms with E-state index >= 15 is 0 Å². The number of carbonyl (C=O) groups excluding carboxylic acids is 2. The predicted molar refractivity (Wildman–Crippen MR) is 66.6 cm³/mol. The molecule has 0 bridgehead atoms. The van der Waals surface area contributed by atoms with Gasteiger partial charge in [0.2, 0.25) is 5.91 Å². The number of rotatable bonds is 8. The van der Waals surface area contributed by atoms with Gasteiger partial charge in [-0.2, -0.15) is 5.26 Å². The summed E-state index contributed by atoms with van der Waals surface area (Å²) in [6.07, 6.45) is 0.605. The second-order valence-corrected chi connectivity index (χ2v) is 4.02. The van der Waals surface area contributed by atoms with E-state index in [0.717, 1.165) is 0 Å². The molecule has 0 aliphatic carbocycles. The highest BCUT2D eigenvalue weighted by molar-refractivity contribution is 5.78. The smallest absolute Gasteiger partial charge is 0.307 e. The van der Waals surface area contributed by atoms with Crippen molar-refractivity contribution in [2.45, 2.75) is 19.8 Å². The molecular weight excluding hydrogens is 234 g/mol. The molecule has 1 amide bonds. The zero-order valence-corrected chi connectivity index (χ0v) is 11.3. The van der Waals surface area contributed by atoms with Crippen molar-refractivity contribution in [2.75, 3.05) is 40.3 Å². The quantitative estimate of drug-likeness (QED) is 0.581. The fourth-order valence-corrected chi connectivity index (χ4v) is 1.29. The molecule has 0 aromatic rings. The van der Waals surface area contributed by atoms with Crippen molar-refractivity contribution in [3.63, 3.8) is 0 Å². The standard InChI is InChI=1S/C12H21N3O3/c1-4-18-12(17)6-9-14(2)10-11(16)15(3)8-5-7-13/h4-6,8-10H2,1-3H3. The zero-order chi connectivity index (χ0) is 14.0. The van der Waals surface area contributed by atoms with E-state index in [2.05, 4.69) is 0 Å². The van der Waals surface area contributed by atoms with Gasteiger partial charge in [0.1, 0.15) is 0 Å². The van der Waals surface area contributed by atoms with Crippen LogP contribution < -0.4 is 0 Å². The van der Waals surface area contributed by atoms with Crippen molar-refractivity contribution in [3.8, 4) is 6.07 Å². The molecule has 6 nitrogen and oxygen atoms in total. The molecule has 102 valence electrons. The molecule has 0 heterocycles. The molecule has 0 rings (SSSR count). The molecule has 0 fully saturated rings. The Bertz CT molecular complexity index is 312. The average molecular weight is 255 g/mol. The fraction of sp³-hybridized carbons (Fsp3) is 0.750. The molecule has 0 saturated carbocycles. The van der Waals surface area contributed by atoms with Crippen molar-refractivity contribution in [3.05, 3.63) is 0 Å². The second-order valence-electron chi connectivity index (χ2n) is 4.02. The normalized spacial score (nSPS) is 9.94. The van der Waals surface area contributed by atoms with E-state index in [0.29, 0.717) is 26.1 Å². The van der Waals surface area contributed by atoms with Crippen LogP contribution in [0, 0.1) is 11.3 Å². The Hall–Kier alpha value is -1.61. The molecule has 0 unspecified atom stereocenters. The van der Waals surface area contributed by atoms with Gasteiger partial charge in [0, 0.05) is 20.1 Å². The van der Waals surface area contributed by atoms with E-state index in [1.165, 1.54) is 4.90 Å². The molecule has 0 aliphatic rings. The first-order valence-electron chi connectivity index (χ1n) is 5.96. The van der Waals surface area contributed by atoms with Crippen LogP contribution in [0.2, 0.25) is 0 Å². The van der Waals surface area contributed by atoms with Crippen LogP contribution in [0.5, 0.6) is 0 Å². The molecule has 0 aromatic carbocycles. The number of ether oxygens (including phenoxy) is 1. The number of hydrogen-bond donors (Lipinski definition) is 0. The predicted octanol–water partition coefficient (Wildman–Crippen LogP) is 0.243. The molecule has 0 aliphatic heterocycles. The first-order valence-corrected chi connectivity index (χ1v) is 5.96. The van der Waals surface area contributed by atoms with Gasteiger partial charge in [-0.1, -0.05) is 0 Å². The minimum Gasteiger partial charge on any atom is -0.466 e. The summed E-state index contributed by atoms with van der Waals surface area (Å²) >= 11 is 0. The average Bonchev–Trinajstić information content (AvgIpc) is 2.33. The molecule has 0 spiro atoms. The Morgan fingerprint density at radius 2 is 1.94 bits per heavy atom. The van der Waals surface area contributed by atoms with Crippen LogP contribution in [0.4, 0.5) is 0 Å². The lowest BCUT2D eigenvalue weighted by Crippen LogP contribution is -2.37. The van der Waals surface area contributed by atoms with Gasteiger partial charge in [-0.05, 0) is 14.0 Å². The molecule has 0 saturated heterocycles. The highest BCUT2D eigenvalue weighted by Crippen LogP contribution is 1.94. The minimum absolute atomic E-state index is 0.0587. The second kappa shape index (κ2) is 9.42. The lowest BCUT2D eigenvalue weighted by atomic mass is 10.3. The van der Waals surface area contributed by atoms with Gasteiger partial charge < -0.3 is 9.64 Å². The van der Waals surface area contributed by atoms with Gasteiger partial charge in [-0.15, -0.1) is 0 Å². The van der Waals surface area contributed by atoms with Gasteiger partial charge in [0.25, 0.3) is 0 Å². The third-order valence-corrected chi connectivity index (χ3v) is 2.39. The Labute approximate surface area is 108 Å². The third kappa shape index (κ3) is 7.63. The molecule has 0 radical (unpaired) electrons. The molecule has 18 heavy (non-hydrogen) atoms. The van der Waals surface area contributed by atoms with E-state index in [4.69, 9.17) is 10.00 Å². The molecule has 0 N–H and O–H groups in total. The van der Waals surface area contributed by atoms with E-state index in [9.17, 15) is 9.59 Å². The van der Waals surface area contributed by atoms with Crippen molar-refractivity contribution < 1.29 is 14.3 Å². The molecule has 6 heteroatoms. The third-order valence-electron chi connectivity index (χ3n) is 2.39. The largest absolute Gasteiger partial charge is 0.466 e. The van der Waals surface area contributed by atoms with Crippen LogP contribution in [-0.4, -0.2) is 62.0 Å². The number of esters is 1. The van der Waals surface area contributed by atoms with E-state index in [1.54, 1.807) is 25.9 Å². The van der Waals surface area contributed by atoms with E-state index < -0.39 is 0 Å². The van der Waals surface area contributed by atoms with Gasteiger partial charge in [-0.25, -0.2) is 0 Å². The number of amides is 1. The summed E-state index contributed by atoms with van der Waals surface area (Å²) in [5.41, 5.74) is 0. The monoisotopic (exact) mass is 255 g/mol. The summed E-state index contributed by atoms with van der Waals surface area (Å²) in [6.45, 7) is 3.28. The summed E-state index contributed by atoms with van der Waals surface area (Å²) in [7, 11) is 3.44. The molecule has 0 aromatic heterocycles. The van der Waals surface area contributed by atoms with E-state index in [1.807, 2.05) is 6.07 Å². The maximum absolute atomic E-state index is 11.7. The van der Waals surface area contributed by atoms with Gasteiger partial charge in [-0.3, -0.25) is 14.5 Å². The van der Waals surface area contributed by atoms with Crippen molar-refractivity contribution in [1.82, 2.24) is 9.80 Å². The number of nitriles is 1. The van der Waals surface area contributed by atoms with E-state index in [-0.39, 0.29) is 24.8 Å². The summed E-state index contributed by atoms with van der Waals surface area (Å²) in [5, 5.41) is 8.42. The van der Waals surface area contributed by atoms with Crippen molar-refractivity contribution >= 4 is 11.9 Å². The maximum atomic E-state index is 11.7. The summed E-state index contributed by atoms with van der Waals surface area (Å²) < 4.78 is 4.80. The summed E-state index contributed by atoms with van der Waals surface area (Å²) in [4.78, 5) is 26.1. The Balaban J connectivity index is 3.86. The highest BCUT2D eigenvalue weighted by Gasteiger charge is 2.12. The molecule has 0 atom stereocenters. The van der Waals surface area contributed by atoms with Crippen LogP contribution >= 0.6 is 0 Å². The summed E-state index contributed by atoms with van der Waals surface area (Å²) in [5.74, 6) is -0.314. The van der Waals surface area contributed by atoms with Gasteiger partial charge in [0.05, 0.1) is 32.1 Å². The first-order chi connectivity index (χ1) is 8.51. The number of nitrogens with zero attached hydrogens (tertiary/aromatic N) is 3. The van der Waals surface area contributed by atoms with Crippen LogP contribution in [0.15, 0.2) is 0 Å². The van der Waals surface area contributed by atoms with Gasteiger partial charge in [0.15, 0.2) is 0 Å². The zero-order valence-electron chi connectivity index (χ0n) is 11.3. The Morgan fingerprint density at radius 3 is 2.50 bits per heavy atom. The van der Waals surface area contributed by atoms with Crippen molar-refractivity contribution in [2.24, 2.45) is 0 Å². The van der Waals surface area contributed by atoms with Crippen molar-refractivity contribution in [1.29, 1.82) is 5.26 Å². The van der Waals surface area contributed by atoms with Gasteiger partial charge >= 0.3 is 5.97 Å². The van der Waals surface area contributed by atoms with Crippen LogP contribution in [0.25, 0.3) is 0 Å². The SMILES string of the molecule is CCOC(=O)CCN(C)CC(=O)N(C)CCC#N. The van der Waals surface area contributed by atoms with Crippen LogP contribution in [-0.2, 0) is 14.3 Å². The fourth-order valence-electron chi connectivity index (χ4n) is 1.29. The minimum atomic E-state index is -0.255. The van der Waals surface area contributed by atoms with Crippen LogP contribution in [0.3, 0.4) is 0 Å².